The minimum atomic E-state index is -0.589. The van der Waals surface area contributed by atoms with Crippen LogP contribution in [-0.4, -0.2) is 23.2 Å². The Balaban J connectivity index is 1.92. The molecule has 1 aliphatic rings. The normalized spacial score (nSPS) is 16.6. The number of ether oxygens (including phenoxy) is 1. The average molecular weight is 221 g/mol. The molecule has 0 aromatic heterocycles. The third kappa shape index (κ3) is 2.66. The van der Waals surface area contributed by atoms with Gasteiger partial charge in [0.2, 0.25) is 0 Å². The molecular weight excluding hydrogens is 206 g/mol. The Morgan fingerprint density at radius 1 is 1.50 bits per heavy atom. The van der Waals surface area contributed by atoms with Gasteiger partial charge >= 0.3 is 0 Å². The van der Waals surface area contributed by atoms with E-state index in [0.717, 1.165) is 12.8 Å². The number of para-hydroxylation sites is 2. The summed E-state index contributed by atoms with van der Waals surface area (Å²) in [6.45, 7) is 1.67. The van der Waals surface area contributed by atoms with E-state index in [9.17, 15) is 9.90 Å². The Morgan fingerprint density at radius 2 is 2.19 bits per heavy atom. The summed E-state index contributed by atoms with van der Waals surface area (Å²) in [4.78, 5) is 11.6. The molecule has 0 saturated heterocycles. The Hall–Kier alpha value is -1.71. The van der Waals surface area contributed by atoms with Crippen molar-refractivity contribution in [3.63, 3.8) is 0 Å². The molecule has 1 aliphatic carbocycles. The highest BCUT2D eigenvalue weighted by Gasteiger charge is 2.26. The van der Waals surface area contributed by atoms with Crippen molar-refractivity contribution < 1.29 is 14.6 Å². The fourth-order valence-electron chi connectivity index (χ4n) is 1.35. The van der Waals surface area contributed by atoms with Crippen LogP contribution in [0, 0.1) is 0 Å². The molecule has 0 heterocycles. The highest BCUT2D eigenvalue weighted by molar-refractivity contribution is 5.81. The van der Waals surface area contributed by atoms with Crippen molar-refractivity contribution >= 4 is 5.91 Å². The van der Waals surface area contributed by atoms with Gasteiger partial charge in [-0.15, -0.1) is 0 Å². The minimum Gasteiger partial charge on any atom is -0.504 e. The first-order chi connectivity index (χ1) is 7.66. The monoisotopic (exact) mass is 221 g/mol. The van der Waals surface area contributed by atoms with Crippen molar-refractivity contribution in [2.45, 2.75) is 31.9 Å². The van der Waals surface area contributed by atoms with Gasteiger partial charge in [-0.3, -0.25) is 4.79 Å². The lowest BCUT2D eigenvalue weighted by molar-refractivity contribution is -0.127. The van der Waals surface area contributed by atoms with E-state index in [-0.39, 0.29) is 11.7 Å². The van der Waals surface area contributed by atoms with E-state index in [1.165, 1.54) is 6.07 Å². The number of benzene rings is 1. The zero-order valence-corrected chi connectivity index (χ0v) is 9.14. The van der Waals surface area contributed by atoms with E-state index in [0.29, 0.717) is 11.8 Å². The summed E-state index contributed by atoms with van der Waals surface area (Å²) in [5.41, 5.74) is 0. The van der Waals surface area contributed by atoms with Gasteiger partial charge in [0.05, 0.1) is 0 Å². The van der Waals surface area contributed by atoms with E-state index in [1.807, 2.05) is 0 Å². The first kappa shape index (κ1) is 10.8. The largest absolute Gasteiger partial charge is 0.504 e. The molecule has 16 heavy (non-hydrogen) atoms. The predicted molar refractivity (Wildman–Crippen MR) is 59.4 cm³/mol. The zero-order valence-electron chi connectivity index (χ0n) is 9.14. The molecule has 0 radical (unpaired) electrons. The maximum absolute atomic E-state index is 11.6. The first-order valence-corrected chi connectivity index (χ1v) is 5.42. The van der Waals surface area contributed by atoms with E-state index in [1.54, 1.807) is 25.1 Å². The number of phenolic OH excluding ortho intramolecular Hbond substituents is 1. The van der Waals surface area contributed by atoms with E-state index in [2.05, 4.69) is 5.32 Å². The Morgan fingerprint density at radius 3 is 2.81 bits per heavy atom. The summed E-state index contributed by atoms with van der Waals surface area (Å²) in [6.07, 6.45) is 1.51. The van der Waals surface area contributed by atoms with Crippen LogP contribution in [0.15, 0.2) is 24.3 Å². The lowest BCUT2D eigenvalue weighted by atomic mass is 10.3. The van der Waals surface area contributed by atoms with Gasteiger partial charge in [-0.2, -0.15) is 0 Å². The number of carbonyl (C=O) groups excluding carboxylic acids is 1. The van der Waals surface area contributed by atoms with Crippen molar-refractivity contribution in [3.8, 4) is 11.5 Å². The van der Waals surface area contributed by atoms with Gasteiger partial charge in [0, 0.05) is 6.04 Å². The fraction of sp³-hybridized carbons (Fsp3) is 0.417. The topological polar surface area (TPSA) is 58.6 Å². The molecule has 0 aliphatic heterocycles. The summed E-state index contributed by atoms with van der Waals surface area (Å²) in [7, 11) is 0. The molecule has 4 nitrogen and oxygen atoms in total. The third-order valence-corrected chi connectivity index (χ3v) is 2.46. The summed E-state index contributed by atoms with van der Waals surface area (Å²) in [6, 6.07) is 6.94. The van der Waals surface area contributed by atoms with Crippen LogP contribution < -0.4 is 10.1 Å². The van der Waals surface area contributed by atoms with Gasteiger partial charge in [-0.25, -0.2) is 0 Å². The second-order valence-corrected chi connectivity index (χ2v) is 4.01. The first-order valence-electron chi connectivity index (χ1n) is 5.42. The standard InChI is InChI=1S/C12H15NO3/c1-8(12(15)13-9-6-7-9)16-11-5-3-2-4-10(11)14/h2-5,8-9,14H,6-7H2,1H3,(H,13,15). The smallest absolute Gasteiger partial charge is 0.260 e. The molecule has 1 aromatic rings. The van der Waals surface area contributed by atoms with Crippen LogP contribution in [0.1, 0.15) is 19.8 Å². The molecule has 0 bridgehead atoms. The van der Waals surface area contributed by atoms with Crippen LogP contribution in [0.5, 0.6) is 11.5 Å². The maximum Gasteiger partial charge on any atom is 0.260 e. The van der Waals surface area contributed by atoms with Crippen molar-refractivity contribution in [2.24, 2.45) is 0 Å². The van der Waals surface area contributed by atoms with Gasteiger partial charge in [0.15, 0.2) is 17.6 Å². The minimum absolute atomic E-state index is 0.0496. The molecule has 1 aromatic carbocycles. The molecule has 2 rings (SSSR count). The van der Waals surface area contributed by atoms with Crippen LogP contribution in [0.4, 0.5) is 0 Å². The van der Waals surface area contributed by atoms with E-state index < -0.39 is 6.10 Å². The molecule has 0 spiro atoms. The molecule has 86 valence electrons. The quantitative estimate of drug-likeness (QED) is 0.808. The van der Waals surface area contributed by atoms with Crippen LogP contribution in [0.3, 0.4) is 0 Å². The van der Waals surface area contributed by atoms with Crippen molar-refractivity contribution in [2.75, 3.05) is 0 Å². The molecule has 2 N–H and O–H groups in total. The van der Waals surface area contributed by atoms with Crippen LogP contribution >= 0.6 is 0 Å². The molecule has 1 unspecified atom stereocenters. The Kier molecular flexibility index (Phi) is 2.99. The van der Waals surface area contributed by atoms with E-state index >= 15 is 0 Å². The summed E-state index contributed by atoms with van der Waals surface area (Å²) in [5.74, 6) is 0.250. The van der Waals surface area contributed by atoms with Crippen molar-refractivity contribution in [1.82, 2.24) is 5.32 Å². The number of phenols is 1. The lowest BCUT2D eigenvalue weighted by Crippen LogP contribution is -2.37. The average Bonchev–Trinajstić information content (AvgIpc) is 3.05. The third-order valence-electron chi connectivity index (χ3n) is 2.46. The van der Waals surface area contributed by atoms with Gasteiger partial charge < -0.3 is 15.2 Å². The maximum atomic E-state index is 11.6. The molecule has 1 amide bonds. The van der Waals surface area contributed by atoms with E-state index in [4.69, 9.17) is 4.74 Å². The SMILES string of the molecule is CC(Oc1ccccc1O)C(=O)NC1CC1. The van der Waals surface area contributed by atoms with Crippen LogP contribution in [-0.2, 0) is 4.79 Å². The summed E-state index contributed by atoms with van der Waals surface area (Å²) < 4.78 is 5.37. The van der Waals surface area contributed by atoms with Crippen molar-refractivity contribution in [1.29, 1.82) is 0 Å². The Labute approximate surface area is 94.2 Å². The second-order valence-electron chi connectivity index (χ2n) is 4.01. The lowest BCUT2D eigenvalue weighted by Gasteiger charge is -2.15. The van der Waals surface area contributed by atoms with Gasteiger partial charge in [0.1, 0.15) is 0 Å². The second kappa shape index (κ2) is 4.43. The number of nitrogens with one attached hydrogen (secondary N) is 1. The summed E-state index contributed by atoms with van der Waals surface area (Å²) >= 11 is 0. The number of amides is 1. The molecule has 1 fully saturated rings. The van der Waals surface area contributed by atoms with Crippen LogP contribution in [0.2, 0.25) is 0 Å². The Bertz CT molecular complexity index is 388. The predicted octanol–water partition coefficient (Wildman–Crippen LogP) is 1.44. The van der Waals surface area contributed by atoms with Gasteiger partial charge in [-0.05, 0) is 31.9 Å². The molecule has 4 heteroatoms. The molecule has 1 saturated carbocycles. The number of rotatable bonds is 4. The highest BCUT2D eigenvalue weighted by atomic mass is 16.5. The number of carbonyl (C=O) groups is 1. The van der Waals surface area contributed by atoms with Gasteiger partial charge in [0.25, 0.3) is 5.91 Å². The number of hydrogen-bond donors (Lipinski definition) is 2. The molecular formula is C12H15NO3. The summed E-state index contributed by atoms with van der Waals surface area (Å²) in [5, 5.41) is 12.3. The fourth-order valence-corrected chi connectivity index (χ4v) is 1.35. The number of aromatic hydroxyl groups is 1. The highest BCUT2D eigenvalue weighted by Crippen LogP contribution is 2.25. The van der Waals surface area contributed by atoms with Crippen LogP contribution in [0.25, 0.3) is 0 Å². The van der Waals surface area contributed by atoms with Gasteiger partial charge in [-0.1, -0.05) is 12.1 Å². The number of hydrogen-bond acceptors (Lipinski definition) is 3. The van der Waals surface area contributed by atoms with Crippen molar-refractivity contribution in [3.05, 3.63) is 24.3 Å². The zero-order chi connectivity index (χ0) is 11.5. The molecule has 1 atom stereocenters.